The van der Waals surface area contributed by atoms with Crippen LogP contribution in [0.5, 0.6) is 0 Å². The summed E-state index contributed by atoms with van der Waals surface area (Å²) in [5.74, 6) is 0.311. The topological polar surface area (TPSA) is 88.4 Å². The molecule has 0 saturated heterocycles. The molecule has 6 nitrogen and oxygen atoms in total. The normalized spacial score (nSPS) is 11.3. The molecule has 1 heterocycles. The maximum absolute atomic E-state index is 13.0. The highest BCUT2D eigenvalue weighted by Gasteiger charge is 2.14. The third kappa shape index (κ3) is 4.42. The van der Waals surface area contributed by atoms with Gasteiger partial charge in [0.2, 0.25) is 10.0 Å². The Morgan fingerprint density at radius 3 is 2.52 bits per heavy atom. The summed E-state index contributed by atoms with van der Waals surface area (Å²) in [6, 6.07) is 15.0. The van der Waals surface area contributed by atoms with Gasteiger partial charge < -0.3 is 9.73 Å². The number of hydrogen-bond acceptors (Lipinski definition) is 4. The van der Waals surface area contributed by atoms with Crippen LogP contribution in [0, 0.1) is 5.82 Å². The van der Waals surface area contributed by atoms with Crippen molar-refractivity contribution in [3.63, 3.8) is 0 Å². The fourth-order valence-corrected chi connectivity index (χ4v) is 3.21. The predicted octanol–water partition coefficient (Wildman–Crippen LogP) is 2.92. The summed E-state index contributed by atoms with van der Waals surface area (Å²) in [7, 11) is -2.32. The lowest BCUT2D eigenvalue weighted by Gasteiger charge is -2.06. The van der Waals surface area contributed by atoms with Gasteiger partial charge in [-0.25, -0.2) is 17.5 Å². The molecule has 140 valence electrons. The standard InChI is InChI=1S/C19H17FN2O4S/c1-21-27(24,25)17-4-2-3-14(11-17)19(23)22-12-16-9-10-18(26-16)13-5-7-15(20)8-6-13/h2-11,21H,12H2,1H3,(H,22,23). The van der Waals surface area contributed by atoms with Crippen molar-refractivity contribution in [1.29, 1.82) is 0 Å². The summed E-state index contributed by atoms with van der Waals surface area (Å²) in [4.78, 5) is 12.3. The minimum atomic E-state index is -3.63. The van der Waals surface area contributed by atoms with Crippen molar-refractivity contribution in [2.75, 3.05) is 7.05 Å². The molecule has 27 heavy (non-hydrogen) atoms. The van der Waals surface area contributed by atoms with Gasteiger partial charge in [-0.3, -0.25) is 4.79 Å². The fourth-order valence-electron chi connectivity index (χ4n) is 2.43. The van der Waals surface area contributed by atoms with E-state index in [0.29, 0.717) is 11.5 Å². The van der Waals surface area contributed by atoms with E-state index in [0.717, 1.165) is 5.56 Å². The van der Waals surface area contributed by atoms with Crippen molar-refractivity contribution in [1.82, 2.24) is 10.0 Å². The van der Waals surface area contributed by atoms with Crippen LogP contribution in [0.25, 0.3) is 11.3 Å². The van der Waals surface area contributed by atoms with Gasteiger partial charge in [0.15, 0.2) is 0 Å². The van der Waals surface area contributed by atoms with E-state index < -0.39 is 15.9 Å². The van der Waals surface area contributed by atoms with Gasteiger partial charge in [-0.1, -0.05) is 6.07 Å². The highest BCUT2D eigenvalue weighted by Crippen LogP contribution is 2.22. The monoisotopic (exact) mass is 388 g/mol. The molecule has 0 saturated carbocycles. The van der Waals surface area contributed by atoms with E-state index in [4.69, 9.17) is 4.42 Å². The van der Waals surface area contributed by atoms with E-state index in [1.165, 1.54) is 43.4 Å². The van der Waals surface area contributed by atoms with Crippen LogP contribution in [-0.4, -0.2) is 21.4 Å². The number of furan rings is 1. The summed E-state index contributed by atoms with van der Waals surface area (Å²) in [5.41, 5.74) is 0.940. The molecule has 3 aromatic rings. The molecule has 0 radical (unpaired) electrons. The van der Waals surface area contributed by atoms with Gasteiger partial charge >= 0.3 is 0 Å². The molecule has 0 aliphatic heterocycles. The lowest BCUT2D eigenvalue weighted by atomic mass is 10.2. The Hall–Kier alpha value is -2.97. The number of rotatable bonds is 6. The Kier molecular flexibility index (Phi) is 5.38. The molecule has 0 aliphatic carbocycles. The fraction of sp³-hybridized carbons (Fsp3) is 0.105. The van der Waals surface area contributed by atoms with Gasteiger partial charge in [0, 0.05) is 11.1 Å². The third-order valence-corrected chi connectivity index (χ3v) is 5.30. The molecule has 0 spiro atoms. The number of nitrogens with one attached hydrogen (secondary N) is 2. The minimum Gasteiger partial charge on any atom is -0.459 e. The third-order valence-electron chi connectivity index (χ3n) is 3.89. The van der Waals surface area contributed by atoms with Crippen LogP contribution in [0.15, 0.2) is 70.0 Å². The van der Waals surface area contributed by atoms with Crippen molar-refractivity contribution in [2.45, 2.75) is 11.4 Å². The molecule has 0 atom stereocenters. The van der Waals surface area contributed by atoms with Crippen LogP contribution in [0.2, 0.25) is 0 Å². The summed E-state index contributed by atoms with van der Waals surface area (Å²) < 4.78 is 44.5. The van der Waals surface area contributed by atoms with Crippen LogP contribution in [0.3, 0.4) is 0 Å². The molecular weight excluding hydrogens is 371 g/mol. The van der Waals surface area contributed by atoms with E-state index in [1.54, 1.807) is 24.3 Å². The molecule has 2 aromatic carbocycles. The minimum absolute atomic E-state index is 0.00856. The van der Waals surface area contributed by atoms with Crippen LogP contribution in [0.4, 0.5) is 4.39 Å². The average Bonchev–Trinajstić information content (AvgIpc) is 3.16. The van der Waals surface area contributed by atoms with E-state index in [9.17, 15) is 17.6 Å². The van der Waals surface area contributed by atoms with Crippen molar-refractivity contribution >= 4 is 15.9 Å². The summed E-state index contributed by atoms with van der Waals surface area (Å²) in [6.07, 6.45) is 0. The Morgan fingerprint density at radius 2 is 1.81 bits per heavy atom. The average molecular weight is 388 g/mol. The van der Waals surface area contributed by atoms with E-state index in [-0.39, 0.29) is 22.8 Å². The molecule has 0 aliphatic rings. The van der Waals surface area contributed by atoms with Gasteiger partial charge in [-0.05, 0) is 61.6 Å². The van der Waals surface area contributed by atoms with Crippen LogP contribution >= 0.6 is 0 Å². The lowest BCUT2D eigenvalue weighted by molar-refractivity contribution is 0.0948. The molecule has 1 aromatic heterocycles. The first kappa shape index (κ1) is 18.8. The number of benzene rings is 2. The summed E-state index contributed by atoms with van der Waals surface area (Å²) in [6.45, 7) is 0.128. The number of hydrogen-bond donors (Lipinski definition) is 2. The van der Waals surface area contributed by atoms with Crippen molar-refractivity contribution in [2.24, 2.45) is 0 Å². The van der Waals surface area contributed by atoms with E-state index >= 15 is 0 Å². The van der Waals surface area contributed by atoms with Crippen molar-refractivity contribution in [3.05, 3.63) is 77.8 Å². The van der Waals surface area contributed by atoms with E-state index in [2.05, 4.69) is 10.0 Å². The van der Waals surface area contributed by atoms with E-state index in [1.807, 2.05) is 0 Å². The second kappa shape index (κ2) is 7.73. The number of amides is 1. The zero-order chi connectivity index (χ0) is 19.4. The van der Waals surface area contributed by atoms with Gasteiger partial charge in [0.25, 0.3) is 5.91 Å². The first-order valence-electron chi connectivity index (χ1n) is 8.05. The van der Waals surface area contributed by atoms with Crippen molar-refractivity contribution < 1.29 is 22.0 Å². The SMILES string of the molecule is CNS(=O)(=O)c1cccc(C(=O)NCc2ccc(-c3ccc(F)cc3)o2)c1. The molecule has 8 heteroatoms. The molecule has 3 rings (SSSR count). The Morgan fingerprint density at radius 1 is 1.07 bits per heavy atom. The first-order valence-corrected chi connectivity index (χ1v) is 9.54. The second-order valence-electron chi connectivity index (χ2n) is 5.69. The highest BCUT2D eigenvalue weighted by molar-refractivity contribution is 7.89. The predicted molar refractivity (Wildman–Crippen MR) is 98.0 cm³/mol. The maximum atomic E-state index is 13.0. The quantitative estimate of drug-likeness (QED) is 0.680. The molecule has 1 amide bonds. The summed E-state index contributed by atoms with van der Waals surface area (Å²) >= 11 is 0. The molecule has 2 N–H and O–H groups in total. The van der Waals surface area contributed by atoms with Gasteiger partial charge in [0.1, 0.15) is 17.3 Å². The van der Waals surface area contributed by atoms with Gasteiger partial charge in [-0.2, -0.15) is 0 Å². The number of carbonyl (C=O) groups excluding carboxylic acids is 1. The first-order chi connectivity index (χ1) is 12.9. The molecule has 0 unspecified atom stereocenters. The second-order valence-corrected chi connectivity index (χ2v) is 7.58. The largest absolute Gasteiger partial charge is 0.459 e. The Bertz CT molecular complexity index is 1060. The van der Waals surface area contributed by atoms with Crippen LogP contribution in [0.1, 0.15) is 16.1 Å². The van der Waals surface area contributed by atoms with Gasteiger partial charge in [-0.15, -0.1) is 0 Å². The van der Waals surface area contributed by atoms with Crippen molar-refractivity contribution in [3.8, 4) is 11.3 Å². The highest BCUT2D eigenvalue weighted by atomic mass is 32.2. The zero-order valence-corrected chi connectivity index (χ0v) is 15.2. The number of sulfonamides is 1. The number of carbonyl (C=O) groups is 1. The Balaban J connectivity index is 1.68. The smallest absolute Gasteiger partial charge is 0.251 e. The zero-order valence-electron chi connectivity index (χ0n) is 14.4. The number of halogens is 1. The lowest BCUT2D eigenvalue weighted by Crippen LogP contribution is -2.23. The Labute approximate surface area is 156 Å². The van der Waals surface area contributed by atoms with Crippen LogP contribution in [-0.2, 0) is 16.6 Å². The molecule has 0 fully saturated rings. The maximum Gasteiger partial charge on any atom is 0.251 e. The molecule has 0 bridgehead atoms. The van der Waals surface area contributed by atoms with Crippen LogP contribution < -0.4 is 10.0 Å². The molecular formula is C19H17FN2O4S. The summed E-state index contributed by atoms with van der Waals surface area (Å²) in [5, 5.41) is 2.68. The van der Waals surface area contributed by atoms with Gasteiger partial charge in [0.05, 0.1) is 11.4 Å².